The van der Waals surface area contributed by atoms with Crippen LogP contribution in [0, 0.1) is 6.92 Å². The predicted octanol–water partition coefficient (Wildman–Crippen LogP) is 5.72. The Hall–Kier alpha value is -3.16. The van der Waals surface area contributed by atoms with Crippen molar-refractivity contribution in [2.45, 2.75) is 57.3 Å². The third-order valence-electron chi connectivity index (χ3n) is 5.93. The molecule has 192 valence electrons. The first-order valence-corrected chi connectivity index (χ1v) is 13.6. The lowest BCUT2D eigenvalue weighted by Crippen LogP contribution is -2.24. The second kappa shape index (κ2) is 11.7. The first-order chi connectivity index (χ1) is 17.0. The molecule has 0 aliphatic heterocycles. The molecule has 36 heavy (non-hydrogen) atoms. The number of unbranched alkanes of at least 4 members (excludes halogenated alkanes) is 1. The highest BCUT2D eigenvalue weighted by atomic mass is 32.2. The van der Waals surface area contributed by atoms with Crippen molar-refractivity contribution >= 4 is 16.0 Å². The number of carboxylic acids is 1. The second-order valence-corrected chi connectivity index (χ2v) is 11.8. The van der Waals surface area contributed by atoms with Crippen LogP contribution in [0.3, 0.4) is 0 Å². The monoisotopic (exact) mass is 509 g/mol. The molecule has 2 N–H and O–H groups in total. The maximum absolute atomic E-state index is 12.8. The summed E-state index contributed by atoms with van der Waals surface area (Å²) >= 11 is 0. The zero-order valence-corrected chi connectivity index (χ0v) is 22.2. The van der Waals surface area contributed by atoms with Crippen molar-refractivity contribution in [3.63, 3.8) is 0 Å². The summed E-state index contributed by atoms with van der Waals surface area (Å²) in [6.07, 6.45) is 2.04. The highest BCUT2D eigenvalue weighted by molar-refractivity contribution is 7.89. The normalized spacial score (nSPS) is 11.9. The molecular weight excluding hydrogens is 474 g/mol. The molecule has 0 aliphatic carbocycles. The Balaban J connectivity index is 1.57. The lowest BCUT2D eigenvalue weighted by molar-refractivity contribution is -0.139. The van der Waals surface area contributed by atoms with E-state index in [-0.39, 0.29) is 10.3 Å². The average molecular weight is 510 g/mol. The predicted molar refractivity (Wildman–Crippen MR) is 143 cm³/mol. The van der Waals surface area contributed by atoms with E-state index in [9.17, 15) is 13.2 Å². The van der Waals surface area contributed by atoms with Crippen molar-refractivity contribution in [2.75, 3.05) is 13.2 Å². The average Bonchev–Trinajstić information content (AvgIpc) is 2.82. The Morgan fingerprint density at radius 2 is 1.64 bits per heavy atom. The summed E-state index contributed by atoms with van der Waals surface area (Å²) < 4.78 is 33.5. The highest BCUT2D eigenvalue weighted by Gasteiger charge is 2.17. The largest absolute Gasteiger partial charge is 0.482 e. The number of aryl methyl sites for hydroxylation is 2. The number of sulfonamides is 1. The Morgan fingerprint density at radius 1 is 0.944 bits per heavy atom. The van der Waals surface area contributed by atoms with Crippen LogP contribution < -0.4 is 9.46 Å². The van der Waals surface area contributed by atoms with E-state index in [0.717, 1.165) is 23.1 Å². The molecule has 0 amide bonds. The topological polar surface area (TPSA) is 92.7 Å². The summed E-state index contributed by atoms with van der Waals surface area (Å²) in [7, 11) is -3.61. The Labute approximate surface area is 214 Å². The summed E-state index contributed by atoms with van der Waals surface area (Å²) in [6, 6.07) is 20.8. The first kappa shape index (κ1) is 27.4. The number of aliphatic carboxylic acids is 1. The molecule has 0 spiro atoms. The SMILES string of the molecule is Cc1cc(-c2ccc(S(=O)(=O)NCCCCc3ccccc3OCC(=O)O)cc2)cc(C(C)(C)C)c1. The van der Waals surface area contributed by atoms with Gasteiger partial charge in [0, 0.05) is 6.54 Å². The molecule has 0 bridgehead atoms. The molecule has 0 saturated carbocycles. The number of rotatable bonds is 11. The number of benzene rings is 3. The van der Waals surface area contributed by atoms with Gasteiger partial charge in [-0.1, -0.05) is 74.9 Å². The van der Waals surface area contributed by atoms with E-state index < -0.39 is 22.6 Å². The molecule has 6 nitrogen and oxygen atoms in total. The number of hydrogen-bond acceptors (Lipinski definition) is 4. The van der Waals surface area contributed by atoms with Crippen molar-refractivity contribution in [2.24, 2.45) is 0 Å². The van der Waals surface area contributed by atoms with Gasteiger partial charge in [0.2, 0.25) is 10.0 Å². The van der Waals surface area contributed by atoms with Crippen LogP contribution in [0.25, 0.3) is 11.1 Å². The molecule has 0 aromatic heterocycles. The van der Waals surface area contributed by atoms with Gasteiger partial charge in [0.05, 0.1) is 4.90 Å². The zero-order chi connectivity index (χ0) is 26.3. The molecule has 3 rings (SSSR count). The van der Waals surface area contributed by atoms with Gasteiger partial charge in [-0.25, -0.2) is 17.9 Å². The third-order valence-corrected chi connectivity index (χ3v) is 7.41. The number of hydrogen-bond donors (Lipinski definition) is 2. The Morgan fingerprint density at radius 3 is 2.31 bits per heavy atom. The van der Waals surface area contributed by atoms with Gasteiger partial charge in [-0.05, 0) is 72.1 Å². The van der Waals surface area contributed by atoms with Crippen LogP contribution in [-0.4, -0.2) is 32.6 Å². The molecule has 0 unspecified atom stereocenters. The van der Waals surface area contributed by atoms with Gasteiger partial charge >= 0.3 is 5.97 Å². The quantitative estimate of drug-likeness (QED) is 0.322. The molecule has 0 aliphatic rings. The molecule has 0 saturated heterocycles. The van der Waals surface area contributed by atoms with Gasteiger partial charge < -0.3 is 9.84 Å². The van der Waals surface area contributed by atoms with Crippen LogP contribution in [0.2, 0.25) is 0 Å². The van der Waals surface area contributed by atoms with E-state index in [1.165, 1.54) is 11.1 Å². The Bertz CT molecular complexity index is 1290. The molecule has 0 fully saturated rings. The van der Waals surface area contributed by atoms with Crippen molar-refractivity contribution in [3.8, 4) is 16.9 Å². The fraction of sp³-hybridized carbons (Fsp3) is 0.345. The third kappa shape index (κ3) is 7.67. The molecule has 0 atom stereocenters. The Kier molecular flexibility index (Phi) is 8.93. The van der Waals surface area contributed by atoms with Crippen LogP contribution in [0.1, 0.15) is 50.3 Å². The number of nitrogens with one attached hydrogen (secondary N) is 1. The summed E-state index contributed by atoms with van der Waals surface area (Å²) in [6.45, 7) is 8.53. The fourth-order valence-corrected chi connectivity index (χ4v) is 5.00. The smallest absolute Gasteiger partial charge is 0.341 e. The van der Waals surface area contributed by atoms with Crippen molar-refractivity contribution in [1.29, 1.82) is 0 Å². The van der Waals surface area contributed by atoms with Crippen LogP contribution in [0.4, 0.5) is 0 Å². The standard InChI is InChI=1S/C29H35NO5S/c1-21-17-24(19-25(18-21)29(2,3)4)22-12-14-26(15-13-22)36(33,34)30-16-8-7-10-23-9-5-6-11-27(23)35-20-28(31)32/h5-6,9,11-15,17-19,30H,7-8,10,16,20H2,1-4H3,(H,31,32). The minimum atomic E-state index is -3.61. The van der Waals surface area contributed by atoms with E-state index in [0.29, 0.717) is 25.1 Å². The van der Waals surface area contributed by atoms with E-state index >= 15 is 0 Å². The minimum absolute atomic E-state index is 0.0293. The van der Waals surface area contributed by atoms with E-state index in [1.54, 1.807) is 24.3 Å². The number of carbonyl (C=O) groups is 1. The number of carboxylic acid groups (broad SMARTS) is 1. The van der Waals surface area contributed by atoms with Crippen LogP contribution in [-0.2, 0) is 26.7 Å². The van der Waals surface area contributed by atoms with Gasteiger partial charge in [0.1, 0.15) is 5.75 Å². The lowest BCUT2D eigenvalue weighted by Gasteiger charge is -2.21. The maximum atomic E-state index is 12.8. The van der Waals surface area contributed by atoms with Crippen LogP contribution >= 0.6 is 0 Å². The molecular formula is C29H35NO5S. The van der Waals surface area contributed by atoms with Gasteiger partial charge in [-0.3, -0.25) is 0 Å². The van der Waals surface area contributed by atoms with Gasteiger partial charge in [-0.2, -0.15) is 0 Å². The van der Waals surface area contributed by atoms with Gasteiger partial charge in [0.15, 0.2) is 6.61 Å². The zero-order valence-electron chi connectivity index (χ0n) is 21.4. The van der Waals surface area contributed by atoms with Crippen molar-refractivity contribution in [1.82, 2.24) is 4.72 Å². The molecule has 3 aromatic rings. The van der Waals surface area contributed by atoms with Crippen LogP contribution in [0.15, 0.2) is 71.6 Å². The van der Waals surface area contributed by atoms with E-state index in [4.69, 9.17) is 9.84 Å². The second-order valence-electron chi connectivity index (χ2n) is 10.0. The van der Waals surface area contributed by atoms with Gasteiger partial charge in [0.25, 0.3) is 0 Å². The van der Waals surface area contributed by atoms with Crippen molar-refractivity contribution in [3.05, 3.63) is 83.4 Å². The van der Waals surface area contributed by atoms with Crippen molar-refractivity contribution < 1.29 is 23.1 Å². The summed E-state index contributed by atoms with van der Waals surface area (Å²) in [4.78, 5) is 11.0. The maximum Gasteiger partial charge on any atom is 0.341 e. The lowest BCUT2D eigenvalue weighted by atomic mass is 9.84. The minimum Gasteiger partial charge on any atom is -0.482 e. The van der Waals surface area contributed by atoms with E-state index in [2.05, 4.69) is 50.6 Å². The van der Waals surface area contributed by atoms with Gasteiger partial charge in [-0.15, -0.1) is 0 Å². The number of para-hydroxylation sites is 1. The highest BCUT2D eigenvalue weighted by Crippen LogP contribution is 2.30. The van der Waals surface area contributed by atoms with Crippen LogP contribution in [0.5, 0.6) is 5.75 Å². The summed E-state index contributed by atoms with van der Waals surface area (Å²) in [5.74, 6) is -0.482. The molecule has 7 heteroatoms. The summed E-state index contributed by atoms with van der Waals surface area (Å²) in [5.41, 5.74) is 5.40. The fourth-order valence-electron chi connectivity index (χ4n) is 3.93. The number of ether oxygens (including phenoxy) is 1. The molecule has 0 heterocycles. The molecule has 3 aromatic carbocycles. The molecule has 0 radical (unpaired) electrons. The first-order valence-electron chi connectivity index (χ1n) is 12.1. The summed E-state index contributed by atoms with van der Waals surface area (Å²) in [5, 5.41) is 8.82. The van der Waals surface area contributed by atoms with E-state index in [1.807, 2.05) is 24.3 Å².